The van der Waals surface area contributed by atoms with E-state index < -0.39 is 0 Å². The Kier molecular flexibility index (Phi) is 3.10. The van der Waals surface area contributed by atoms with E-state index in [2.05, 4.69) is 26.8 Å². The van der Waals surface area contributed by atoms with E-state index in [1.807, 2.05) is 6.92 Å². The van der Waals surface area contributed by atoms with Crippen molar-refractivity contribution in [1.82, 2.24) is 0 Å². The highest BCUT2D eigenvalue weighted by atomic mass is 16.3. The molecule has 0 amide bonds. The molecule has 0 aromatic rings. The lowest BCUT2D eigenvalue weighted by molar-refractivity contribution is 0.229. The van der Waals surface area contributed by atoms with E-state index in [0.717, 1.165) is 5.57 Å². The fourth-order valence-electron chi connectivity index (χ4n) is 0.804. The molecule has 0 saturated heterocycles. The van der Waals surface area contributed by atoms with Gasteiger partial charge in [0.05, 0.1) is 6.10 Å². The first-order chi connectivity index (χ1) is 4.33. The van der Waals surface area contributed by atoms with Crippen molar-refractivity contribution in [3.05, 3.63) is 11.6 Å². The number of rotatable bonds is 1. The Hall–Kier alpha value is -0.300. The molecule has 1 atom stereocenters. The molecule has 1 heteroatoms. The molecule has 1 nitrogen and oxygen atoms in total. The minimum absolute atomic E-state index is 0.182. The number of allylic oxidation sites excluding steroid dienone is 1. The molecule has 0 fully saturated rings. The van der Waals surface area contributed by atoms with E-state index in [0.29, 0.717) is 0 Å². The molecule has 0 spiro atoms. The summed E-state index contributed by atoms with van der Waals surface area (Å²) in [6.07, 6.45) is 1.79. The summed E-state index contributed by atoms with van der Waals surface area (Å²) in [4.78, 5) is 0. The van der Waals surface area contributed by atoms with Crippen molar-refractivity contribution in [3.63, 3.8) is 0 Å². The van der Waals surface area contributed by atoms with E-state index in [-0.39, 0.29) is 11.5 Å². The quantitative estimate of drug-likeness (QED) is 0.557. The van der Waals surface area contributed by atoms with Crippen LogP contribution in [0.4, 0.5) is 0 Å². The van der Waals surface area contributed by atoms with Gasteiger partial charge in [-0.2, -0.15) is 0 Å². The van der Waals surface area contributed by atoms with E-state index in [1.165, 1.54) is 0 Å². The largest absolute Gasteiger partial charge is 0.389 e. The molecule has 0 aliphatic carbocycles. The predicted molar refractivity (Wildman–Crippen MR) is 44.9 cm³/mol. The van der Waals surface area contributed by atoms with Gasteiger partial charge in [0.15, 0.2) is 0 Å². The van der Waals surface area contributed by atoms with Crippen LogP contribution in [-0.4, -0.2) is 11.2 Å². The normalized spacial score (nSPS) is 17.2. The summed E-state index contributed by atoms with van der Waals surface area (Å²) in [6, 6.07) is 0. The summed E-state index contributed by atoms with van der Waals surface area (Å²) in [5.41, 5.74) is 1.23. The SMILES string of the molecule is CC(=CC(C)(C)C)C(C)O. The molecule has 1 N–H and O–H groups in total. The minimum atomic E-state index is -0.306. The van der Waals surface area contributed by atoms with Gasteiger partial charge >= 0.3 is 0 Å². The van der Waals surface area contributed by atoms with Gasteiger partial charge in [-0.15, -0.1) is 0 Å². The van der Waals surface area contributed by atoms with E-state index in [4.69, 9.17) is 5.11 Å². The van der Waals surface area contributed by atoms with Gasteiger partial charge < -0.3 is 5.11 Å². The maximum Gasteiger partial charge on any atom is 0.0719 e. The van der Waals surface area contributed by atoms with Gasteiger partial charge in [0, 0.05) is 0 Å². The Bertz CT molecular complexity index is 126. The fourth-order valence-corrected chi connectivity index (χ4v) is 0.804. The molecule has 0 aromatic heterocycles. The Balaban J connectivity index is 4.17. The van der Waals surface area contributed by atoms with Crippen molar-refractivity contribution in [2.45, 2.75) is 40.7 Å². The van der Waals surface area contributed by atoms with Crippen LogP contribution in [0.3, 0.4) is 0 Å². The van der Waals surface area contributed by atoms with Crippen molar-refractivity contribution in [2.24, 2.45) is 5.41 Å². The van der Waals surface area contributed by atoms with Gasteiger partial charge in [0.1, 0.15) is 0 Å². The summed E-state index contributed by atoms with van der Waals surface area (Å²) < 4.78 is 0. The molecule has 1 unspecified atom stereocenters. The van der Waals surface area contributed by atoms with Crippen LogP contribution in [-0.2, 0) is 0 Å². The average molecular weight is 142 g/mol. The average Bonchev–Trinajstić information content (AvgIpc) is 1.60. The van der Waals surface area contributed by atoms with Crippen molar-refractivity contribution >= 4 is 0 Å². The van der Waals surface area contributed by atoms with Gasteiger partial charge in [-0.3, -0.25) is 0 Å². The second-order valence-electron chi connectivity index (χ2n) is 3.93. The standard InChI is InChI=1S/C9H18O/c1-7(8(2)10)6-9(3,4)5/h6,8,10H,1-5H3. The first-order valence-electron chi connectivity index (χ1n) is 3.70. The molecule has 60 valence electrons. The Morgan fingerprint density at radius 1 is 1.40 bits per heavy atom. The highest BCUT2D eigenvalue weighted by Gasteiger charge is 2.07. The second kappa shape index (κ2) is 3.20. The van der Waals surface area contributed by atoms with Crippen LogP contribution in [0.1, 0.15) is 34.6 Å². The number of hydrogen-bond acceptors (Lipinski definition) is 1. The zero-order valence-electron chi connectivity index (χ0n) is 7.60. The second-order valence-corrected chi connectivity index (χ2v) is 3.93. The molecule has 0 heterocycles. The number of aliphatic hydroxyl groups excluding tert-OH is 1. The van der Waals surface area contributed by atoms with Crippen LogP contribution >= 0.6 is 0 Å². The van der Waals surface area contributed by atoms with Gasteiger partial charge in [-0.1, -0.05) is 26.8 Å². The van der Waals surface area contributed by atoms with Crippen molar-refractivity contribution in [3.8, 4) is 0 Å². The molecule has 0 aromatic carbocycles. The molecular weight excluding hydrogens is 124 g/mol. The third kappa shape index (κ3) is 4.57. The lowest BCUT2D eigenvalue weighted by atomic mass is 9.93. The van der Waals surface area contributed by atoms with Crippen LogP contribution in [0.25, 0.3) is 0 Å². The van der Waals surface area contributed by atoms with E-state index in [9.17, 15) is 0 Å². The van der Waals surface area contributed by atoms with Crippen LogP contribution in [0.15, 0.2) is 11.6 Å². The zero-order valence-corrected chi connectivity index (χ0v) is 7.60. The maximum atomic E-state index is 9.12. The highest BCUT2D eigenvalue weighted by Crippen LogP contribution is 2.18. The summed E-state index contributed by atoms with van der Waals surface area (Å²) in [5.74, 6) is 0. The van der Waals surface area contributed by atoms with Crippen molar-refractivity contribution in [2.75, 3.05) is 0 Å². The third-order valence-electron chi connectivity index (χ3n) is 1.32. The molecule has 0 bridgehead atoms. The molecule has 0 aliphatic rings. The maximum absolute atomic E-state index is 9.12. The number of aliphatic hydroxyl groups is 1. The number of hydrogen-bond donors (Lipinski definition) is 1. The Labute approximate surface area is 63.8 Å². The van der Waals surface area contributed by atoms with Crippen LogP contribution in [0.5, 0.6) is 0 Å². The van der Waals surface area contributed by atoms with Gasteiger partial charge in [0.25, 0.3) is 0 Å². The lowest BCUT2D eigenvalue weighted by Gasteiger charge is -2.15. The molecular formula is C9H18O. The Morgan fingerprint density at radius 3 is 1.90 bits per heavy atom. The summed E-state index contributed by atoms with van der Waals surface area (Å²) in [5, 5.41) is 9.12. The monoisotopic (exact) mass is 142 g/mol. The van der Waals surface area contributed by atoms with Crippen LogP contribution in [0.2, 0.25) is 0 Å². The van der Waals surface area contributed by atoms with E-state index in [1.54, 1.807) is 6.92 Å². The van der Waals surface area contributed by atoms with Gasteiger partial charge in [-0.05, 0) is 24.8 Å². The first kappa shape index (κ1) is 9.70. The highest BCUT2D eigenvalue weighted by molar-refractivity contribution is 5.07. The van der Waals surface area contributed by atoms with E-state index >= 15 is 0 Å². The van der Waals surface area contributed by atoms with Gasteiger partial charge in [0.2, 0.25) is 0 Å². The molecule has 0 saturated carbocycles. The summed E-state index contributed by atoms with van der Waals surface area (Å²) in [6.45, 7) is 10.1. The topological polar surface area (TPSA) is 20.2 Å². The summed E-state index contributed by atoms with van der Waals surface area (Å²) in [7, 11) is 0. The van der Waals surface area contributed by atoms with Crippen LogP contribution < -0.4 is 0 Å². The molecule has 10 heavy (non-hydrogen) atoms. The molecule has 0 radical (unpaired) electrons. The zero-order chi connectivity index (χ0) is 8.36. The lowest BCUT2D eigenvalue weighted by Crippen LogP contribution is -2.07. The first-order valence-corrected chi connectivity index (χ1v) is 3.70. The summed E-state index contributed by atoms with van der Waals surface area (Å²) >= 11 is 0. The minimum Gasteiger partial charge on any atom is -0.389 e. The smallest absolute Gasteiger partial charge is 0.0719 e. The fraction of sp³-hybridized carbons (Fsp3) is 0.778. The van der Waals surface area contributed by atoms with Gasteiger partial charge in [-0.25, -0.2) is 0 Å². The predicted octanol–water partition coefficient (Wildman–Crippen LogP) is 2.36. The van der Waals surface area contributed by atoms with Crippen molar-refractivity contribution in [1.29, 1.82) is 0 Å². The Morgan fingerprint density at radius 2 is 1.80 bits per heavy atom. The molecule has 0 rings (SSSR count). The van der Waals surface area contributed by atoms with Crippen molar-refractivity contribution < 1.29 is 5.11 Å². The third-order valence-corrected chi connectivity index (χ3v) is 1.32. The van der Waals surface area contributed by atoms with Crippen LogP contribution in [0, 0.1) is 5.41 Å². The molecule has 0 aliphatic heterocycles.